The van der Waals surface area contributed by atoms with Crippen molar-refractivity contribution in [3.8, 4) is 0 Å². The molecule has 1 amide bonds. The van der Waals surface area contributed by atoms with Gasteiger partial charge >= 0.3 is 0 Å². The SMILES string of the molecule is CC(C(=O)Nc1ccc(N)cc1)N(C)CC1CCCCO1. The molecule has 1 saturated heterocycles. The zero-order valence-electron chi connectivity index (χ0n) is 12.8. The number of nitrogen functional groups attached to an aromatic ring is 1. The number of rotatable bonds is 5. The average Bonchev–Trinajstić information content (AvgIpc) is 2.49. The van der Waals surface area contributed by atoms with Crippen LogP contribution in [0, 0.1) is 0 Å². The lowest BCUT2D eigenvalue weighted by molar-refractivity contribution is -0.121. The second kappa shape index (κ2) is 7.43. The molecular weight excluding hydrogens is 266 g/mol. The normalized spacial score (nSPS) is 20.2. The van der Waals surface area contributed by atoms with E-state index in [4.69, 9.17) is 10.5 Å². The molecule has 2 rings (SSSR count). The summed E-state index contributed by atoms with van der Waals surface area (Å²) in [5.74, 6) is -0.0157. The van der Waals surface area contributed by atoms with E-state index in [9.17, 15) is 4.79 Å². The monoisotopic (exact) mass is 291 g/mol. The number of hydrogen-bond donors (Lipinski definition) is 2. The minimum atomic E-state index is -0.201. The molecule has 1 aromatic rings. The lowest BCUT2D eigenvalue weighted by Gasteiger charge is -2.30. The molecule has 1 aromatic carbocycles. The molecule has 3 N–H and O–H groups in total. The van der Waals surface area contributed by atoms with Crippen molar-refractivity contribution in [3.63, 3.8) is 0 Å². The van der Waals surface area contributed by atoms with Crippen molar-refractivity contribution in [3.05, 3.63) is 24.3 Å². The smallest absolute Gasteiger partial charge is 0.241 e. The molecule has 0 bridgehead atoms. The highest BCUT2D eigenvalue weighted by Crippen LogP contribution is 2.15. The van der Waals surface area contributed by atoms with Gasteiger partial charge in [-0.2, -0.15) is 0 Å². The van der Waals surface area contributed by atoms with Gasteiger partial charge in [0.25, 0.3) is 0 Å². The third-order valence-corrected chi connectivity index (χ3v) is 3.98. The Morgan fingerprint density at radius 2 is 2.14 bits per heavy atom. The van der Waals surface area contributed by atoms with Crippen LogP contribution in [0.15, 0.2) is 24.3 Å². The Morgan fingerprint density at radius 1 is 1.43 bits per heavy atom. The van der Waals surface area contributed by atoms with Crippen LogP contribution in [0.3, 0.4) is 0 Å². The molecule has 1 aliphatic heterocycles. The molecule has 0 spiro atoms. The first-order valence-corrected chi connectivity index (χ1v) is 7.54. The summed E-state index contributed by atoms with van der Waals surface area (Å²) < 4.78 is 5.72. The number of nitrogens with two attached hydrogens (primary N) is 1. The Hall–Kier alpha value is -1.59. The second-order valence-electron chi connectivity index (χ2n) is 5.72. The maximum absolute atomic E-state index is 12.3. The zero-order chi connectivity index (χ0) is 15.2. The molecule has 2 unspecified atom stereocenters. The van der Waals surface area contributed by atoms with Gasteiger partial charge in [-0.15, -0.1) is 0 Å². The van der Waals surface area contributed by atoms with Gasteiger partial charge in [0.05, 0.1) is 12.1 Å². The highest BCUT2D eigenvalue weighted by molar-refractivity contribution is 5.94. The molecule has 0 aromatic heterocycles. The quantitative estimate of drug-likeness (QED) is 0.815. The number of ether oxygens (including phenoxy) is 1. The van der Waals surface area contributed by atoms with E-state index >= 15 is 0 Å². The Labute approximate surface area is 126 Å². The van der Waals surface area contributed by atoms with E-state index in [0.717, 1.165) is 31.7 Å². The van der Waals surface area contributed by atoms with Crippen molar-refractivity contribution in [2.45, 2.75) is 38.3 Å². The first-order valence-electron chi connectivity index (χ1n) is 7.54. The van der Waals surface area contributed by atoms with E-state index in [2.05, 4.69) is 5.32 Å². The van der Waals surface area contributed by atoms with Crippen molar-refractivity contribution >= 4 is 17.3 Å². The van der Waals surface area contributed by atoms with Crippen molar-refractivity contribution in [1.82, 2.24) is 4.90 Å². The number of anilines is 2. The van der Waals surface area contributed by atoms with Crippen molar-refractivity contribution in [2.24, 2.45) is 0 Å². The fourth-order valence-corrected chi connectivity index (χ4v) is 2.44. The van der Waals surface area contributed by atoms with Gasteiger partial charge in [-0.3, -0.25) is 9.69 Å². The van der Waals surface area contributed by atoms with Gasteiger partial charge in [0.2, 0.25) is 5.91 Å². The van der Waals surface area contributed by atoms with Crippen LogP contribution in [0.2, 0.25) is 0 Å². The van der Waals surface area contributed by atoms with Crippen LogP contribution in [-0.4, -0.2) is 43.2 Å². The van der Waals surface area contributed by atoms with Gasteiger partial charge < -0.3 is 15.8 Å². The number of nitrogens with one attached hydrogen (secondary N) is 1. The molecule has 1 heterocycles. The minimum absolute atomic E-state index is 0.0157. The van der Waals surface area contributed by atoms with E-state index in [1.807, 2.05) is 31.0 Å². The van der Waals surface area contributed by atoms with Crippen molar-refractivity contribution in [1.29, 1.82) is 0 Å². The first-order chi connectivity index (χ1) is 10.1. The number of amides is 1. The summed E-state index contributed by atoms with van der Waals surface area (Å²) in [4.78, 5) is 14.3. The lowest BCUT2D eigenvalue weighted by Crippen LogP contribution is -2.44. The van der Waals surface area contributed by atoms with Crippen LogP contribution in [0.4, 0.5) is 11.4 Å². The van der Waals surface area contributed by atoms with Gasteiger partial charge in [0, 0.05) is 24.5 Å². The van der Waals surface area contributed by atoms with Crippen LogP contribution in [0.1, 0.15) is 26.2 Å². The minimum Gasteiger partial charge on any atom is -0.399 e. The molecule has 116 valence electrons. The number of hydrogen-bond acceptors (Lipinski definition) is 4. The molecule has 21 heavy (non-hydrogen) atoms. The summed E-state index contributed by atoms with van der Waals surface area (Å²) in [6.45, 7) is 3.54. The van der Waals surface area contributed by atoms with E-state index in [0.29, 0.717) is 5.69 Å². The Balaban J connectivity index is 1.84. The average molecular weight is 291 g/mol. The van der Waals surface area contributed by atoms with Gasteiger partial charge in [0.1, 0.15) is 0 Å². The summed E-state index contributed by atoms with van der Waals surface area (Å²) in [6, 6.07) is 6.97. The van der Waals surface area contributed by atoms with E-state index in [1.54, 1.807) is 12.1 Å². The largest absolute Gasteiger partial charge is 0.399 e. The van der Waals surface area contributed by atoms with Crippen molar-refractivity contribution in [2.75, 3.05) is 31.2 Å². The highest BCUT2D eigenvalue weighted by atomic mass is 16.5. The second-order valence-corrected chi connectivity index (χ2v) is 5.72. The number of carbonyl (C=O) groups is 1. The van der Waals surface area contributed by atoms with Crippen LogP contribution in [0.5, 0.6) is 0 Å². The molecule has 1 aliphatic rings. The molecule has 1 fully saturated rings. The maximum Gasteiger partial charge on any atom is 0.241 e. The molecule has 0 radical (unpaired) electrons. The summed E-state index contributed by atoms with van der Waals surface area (Å²) in [5, 5.41) is 2.91. The Morgan fingerprint density at radius 3 is 2.76 bits per heavy atom. The van der Waals surface area contributed by atoms with Crippen LogP contribution in [-0.2, 0) is 9.53 Å². The number of benzene rings is 1. The van der Waals surface area contributed by atoms with E-state index < -0.39 is 0 Å². The fourth-order valence-electron chi connectivity index (χ4n) is 2.44. The van der Waals surface area contributed by atoms with Gasteiger partial charge in [0.15, 0.2) is 0 Å². The summed E-state index contributed by atoms with van der Waals surface area (Å²) >= 11 is 0. The highest BCUT2D eigenvalue weighted by Gasteiger charge is 2.22. The number of nitrogens with zero attached hydrogens (tertiary/aromatic N) is 1. The maximum atomic E-state index is 12.3. The number of likely N-dealkylation sites (N-methyl/N-ethyl adjacent to an activating group) is 1. The van der Waals surface area contributed by atoms with Gasteiger partial charge in [-0.1, -0.05) is 0 Å². The van der Waals surface area contributed by atoms with Crippen LogP contribution in [0.25, 0.3) is 0 Å². The Bertz CT molecular complexity index is 455. The molecule has 0 saturated carbocycles. The summed E-state index contributed by atoms with van der Waals surface area (Å²) in [7, 11) is 1.96. The summed E-state index contributed by atoms with van der Waals surface area (Å²) in [6.07, 6.45) is 3.68. The predicted octanol–water partition coefficient (Wildman–Crippen LogP) is 2.10. The number of carbonyl (C=O) groups excluding carboxylic acids is 1. The Kier molecular flexibility index (Phi) is 5.59. The lowest BCUT2D eigenvalue weighted by atomic mass is 10.1. The van der Waals surface area contributed by atoms with Crippen molar-refractivity contribution < 1.29 is 9.53 Å². The molecule has 2 atom stereocenters. The third-order valence-electron chi connectivity index (χ3n) is 3.98. The molecule has 0 aliphatic carbocycles. The summed E-state index contributed by atoms with van der Waals surface area (Å²) in [5.41, 5.74) is 7.09. The van der Waals surface area contributed by atoms with E-state index in [1.165, 1.54) is 6.42 Å². The molecule has 5 heteroatoms. The predicted molar refractivity (Wildman–Crippen MR) is 85.2 cm³/mol. The topological polar surface area (TPSA) is 67.6 Å². The van der Waals surface area contributed by atoms with Gasteiger partial charge in [-0.05, 0) is 57.5 Å². The third kappa shape index (κ3) is 4.72. The first kappa shape index (κ1) is 15.8. The van der Waals surface area contributed by atoms with Crippen LogP contribution >= 0.6 is 0 Å². The fraction of sp³-hybridized carbons (Fsp3) is 0.562. The molecular formula is C16H25N3O2. The zero-order valence-corrected chi connectivity index (χ0v) is 12.8. The van der Waals surface area contributed by atoms with Gasteiger partial charge in [-0.25, -0.2) is 0 Å². The standard InChI is InChI=1S/C16H25N3O2/c1-12(19(2)11-15-5-3-4-10-21-15)16(20)18-14-8-6-13(17)7-9-14/h6-9,12,15H,3-5,10-11,17H2,1-2H3,(H,18,20). The van der Waals surface area contributed by atoms with Crippen LogP contribution < -0.4 is 11.1 Å². The molecule has 5 nitrogen and oxygen atoms in total. The van der Waals surface area contributed by atoms with E-state index in [-0.39, 0.29) is 18.1 Å².